The third kappa shape index (κ3) is 39.7. The minimum atomic E-state index is 0. The summed E-state index contributed by atoms with van der Waals surface area (Å²) in [6, 6.07) is 6.90. The van der Waals surface area contributed by atoms with Gasteiger partial charge in [-0.3, -0.25) is 58.8 Å². The summed E-state index contributed by atoms with van der Waals surface area (Å²) in [5, 5.41) is 21.4. The second kappa shape index (κ2) is 56.7. The Labute approximate surface area is 874 Å². The van der Waals surface area contributed by atoms with Crippen LogP contribution in [0, 0.1) is 40.9 Å². The first-order chi connectivity index (χ1) is 62.6. The van der Waals surface area contributed by atoms with Gasteiger partial charge in [-0.05, 0) is 482 Å². The molecule has 20 heterocycles. The molecule has 1 saturated carbocycles. The van der Waals surface area contributed by atoms with Gasteiger partial charge in [-0.2, -0.15) is 0 Å². The van der Waals surface area contributed by atoms with Crippen LogP contribution in [0.25, 0.3) is 0 Å². The van der Waals surface area contributed by atoms with Gasteiger partial charge in [0.05, 0.1) is 19.9 Å². The van der Waals surface area contributed by atoms with E-state index in [1.807, 2.05) is 0 Å². The third-order valence-corrected chi connectivity index (χ3v) is 36.4. The van der Waals surface area contributed by atoms with Crippen molar-refractivity contribution in [2.75, 3.05) is 216 Å². The van der Waals surface area contributed by atoms with Gasteiger partial charge < -0.3 is 41.5 Å². The molecule has 20 nitrogen and oxygen atoms in total. The Morgan fingerprint density at radius 3 is 1.32 bits per heavy atom. The molecule has 14 atom stereocenters. The molecule has 1 aliphatic carbocycles. The topological polar surface area (TPSA) is 124 Å². The van der Waals surface area contributed by atoms with E-state index in [1.54, 1.807) is 0 Å². The van der Waals surface area contributed by atoms with E-state index in [0.717, 1.165) is 97.6 Å². The van der Waals surface area contributed by atoms with Gasteiger partial charge in [0, 0.05) is 214 Å². The number of nitrogens with one attached hydrogen (secondary N) is 6. The molecule has 0 amide bonds. The number of nitrogens with zero attached hydrogens (tertiary/aromatic N) is 13. The highest BCUT2D eigenvalue weighted by atomic mass is 16.5. The normalized spacial score (nSPS) is 32.9. The van der Waals surface area contributed by atoms with E-state index < -0.39 is 0 Å². The zero-order chi connectivity index (χ0) is 97.6. The molecular weight excluding hydrogens is 1720 g/mol. The van der Waals surface area contributed by atoms with Crippen LogP contribution in [0.1, 0.15) is 413 Å². The van der Waals surface area contributed by atoms with Crippen LogP contribution in [0.2, 0.25) is 0 Å². The molecule has 1 spiro atoms. The summed E-state index contributed by atoms with van der Waals surface area (Å²) in [7, 11) is 0. The highest BCUT2D eigenvalue weighted by Gasteiger charge is 2.47. The molecule has 20 heteroatoms. The number of morpholine rings is 1. The van der Waals surface area contributed by atoms with Crippen LogP contribution in [0.3, 0.4) is 0 Å². The van der Waals surface area contributed by atoms with E-state index in [1.165, 1.54) is 357 Å². The zero-order valence-electron chi connectivity index (χ0n) is 94.4. The summed E-state index contributed by atoms with van der Waals surface area (Å²) in [5.41, 5.74) is 4.22. The monoisotopic (exact) mass is 1980 g/mol. The maximum atomic E-state index is 5.59. The van der Waals surface area contributed by atoms with E-state index in [9.17, 15) is 0 Å². The molecule has 21 rings (SSSR count). The lowest BCUT2D eigenvalue weighted by Crippen LogP contribution is -2.65. The van der Waals surface area contributed by atoms with Crippen LogP contribution in [-0.4, -0.2) is 390 Å². The fourth-order valence-corrected chi connectivity index (χ4v) is 27.5. The number of rotatable bonds is 0. The maximum absolute atomic E-state index is 5.59. The average Bonchev–Trinajstić information content (AvgIpc) is 0.804. The van der Waals surface area contributed by atoms with Crippen molar-refractivity contribution in [1.82, 2.24) is 95.6 Å². The van der Waals surface area contributed by atoms with E-state index >= 15 is 0 Å². The predicted molar refractivity (Wildman–Crippen MR) is 615 cm³/mol. The number of hydrogen-bond donors (Lipinski definition) is 6. The molecule has 0 aromatic heterocycles. The number of likely N-dealkylation sites (tertiary alicyclic amines) is 5. The summed E-state index contributed by atoms with van der Waals surface area (Å²) < 4.78 is 5.59. The lowest BCUT2D eigenvalue weighted by molar-refractivity contribution is -0.0198. The SMILES string of the molecule is C.C.C.C.C.C.CC(C)(C)N1C2CCCC1CNC2.CC(C)(C)N1CC2CCCC2C1.CC(C)(C)N1CC2CNC(C2)C1.CC(C)(C)N1CCC2CNCC2C1.CC(C)(C)N1CCC2COCC(C1)N2.CC(C)(C)N1CCCC2(CCNCC2)C1.CC(C)(C)N1CCCC2CCCN2C1.CC(C)(C)N1CCCC2CCNC2C1.CC(C)(C)N1CCN2CCC1CC2.CC(C)(C)N1CCN2CCCCC2C1. The van der Waals surface area contributed by atoms with Crippen molar-refractivity contribution in [1.29, 1.82) is 0 Å². The Balaban J connectivity index is 0.000000273. The van der Waals surface area contributed by atoms with Gasteiger partial charge in [-0.25, -0.2) is 0 Å². The second-order valence-corrected chi connectivity index (χ2v) is 56.8. The Morgan fingerprint density at radius 2 is 0.743 bits per heavy atom. The van der Waals surface area contributed by atoms with Gasteiger partial charge in [-0.1, -0.05) is 63.8 Å². The highest BCUT2D eigenvalue weighted by Crippen LogP contribution is 2.43. The van der Waals surface area contributed by atoms with E-state index in [-0.39, 0.29) is 44.6 Å². The third-order valence-electron chi connectivity index (χ3n) is 36.4. The first-order valence-corrected chi connectivity index (χ1v) is 57.3. The van der Waals surface area contributed by atoms with Crippen LogP contribution < -0.4 is 31.9 Å². The van der Waals surface area contributed by atoms with Crippen LogP contribution in [-0.2, 0) is 4.74 Å². The minimum Gasteiger partial charge on any atom is -0.378 e. The van der Waals surface area contributed by atoms with Gasteiger partial charge in [0.15, 0.2) is 0 Å². The van der Waals surface area contributed by atoms with Crippen molar-refractivity contribution in [3.05, 3.63) is 0 Å². The Kier molecular flexibility index (Phi) is 52.5. The molecule has 20 aliphatic heterocycles. The van der Waals surface area contributed by atoms with Crippen LogP contribution in [0.4, 0.5) is 0 Å². The molecule has 0 aromatic carbocycles. The molecule has 0 aromatic rings. The van der Waals surface area contributed by atoms with Crippen molar-refractivity contribution >= 4 is 0 Å². The lowest BCUT2D eigenvalue weighted by atomic mass is 9.72. The summed E-state index contributed by atoms with van der Waals surface area (Å²) in [6.45, 7) is 111. The van der Waals surface area contributed by atoms with Gasteiger partial charge in [0.1, 0.15) is 0 Å². The van der Waals surface area contributed by atoms with Crippen molar-refractivity contribution in [3.63, 3.8) is 0 Å². The fraction of sp³-hybridized carbons (Fsp3) is 1.00. The standard InChI is InChI=1S/C13H26N2.3C12H24N2.C11H22N2O.3C11H22N2.C11H21N.C10H20N2.6CH4/c1-12(2,3)15-10-4-5-13(11-15)6-8-14-9-7-13;1-12(2,3)14-9-5-7-11-6-4-8-13(11)10-14;1-12(2,3)14-8-4-5-10-6-7-13-11(10)9-14;1-12(2,3)14-9-8-13-7-5-4-6-11(13)10-14;1-11(2,3)13-5-4-9-7-14-8-10(6-13)12-9;1-11(2,3)13-9-8-12-6-4-10(13)5-7-12;1-11(2,3)13-5-4-9-6-12-7-10(9)8-13;1-11(2,3)13-9-5-4-6-10(13)8-12-7-9;1-11(2,3)12-7-9-5-4-6-10(9)8-12;1-10(2,3)12-6-8-4-9(7-12)11-5-8;;;;;;/h14H,4-11H2,1-3H3;11H,4-10H2,1-3H3;10-11,13H,4-9H2,1-3H3;11H,4-10H2,1-3H3;9-10,12H,4-8H2,1-3H3;10H,4-9H2,1-3H3;2*9-10,12H,4-8H2,1-3H3;9-10H,4-8H2,1-3H3;8-9,11H,4-7H2,1-3H3;6*1H4. The summed E-state index contributed by atoms with van der Waals surface area (Å²) in [6.07, 6.45) is 35.3. The van der Waals surface area contributed by atoms with E-state index in [0.29, 0.717) is 72.9 Å². The molecule has 21 aliphatic rings. The number of fused-ring (bicyclic) bond motifs is 15. The van der Waals surface area contributed by atoms with Gasteiger partial charge in [-0.15, -0.1) is 0 Å². The quantitative estimate of drug-likeness (QED) is 0.138. The lowest BCUT2D eigenvalue weighted by Gasteiger charge is -2.53. The van der Waals surface area contributed by atoms with Crippen molar-refractivity contribution in [2.24, 2.45) is 40.9 Å². The maximum Gasteiger partial charge on any atom is 0.0633 e. The van der Waals surface area contributed by atoms with Gasteiger partial charge in [0.2, 0.25) is 0 Å². The predicted octanol–water partition coefficient (Wildman–Crippen LogP) is 21.1. The first-order valence-electron chi connectivity index (χ1n) is 57.3. The van der Waals surface area contributed by atoms with Gasteiger partial charge >= 0.3 is 0 Å². The number of piperazine rings is 2. The Hall–Kier alpha value is -0.800. The van der Waals surface area contributed by atoms with Crippen LogP contribution in [0.15, 0.2) is 0 Å². The van der Waals surface area contributed by atoms with Crippen LogP contribution >= 0.6 is 0 Å². The second-order valence-electron chi connectivity index (χ2n) is 56.8. The molecule has 8 bridgehead atoms. The van der Waals surface area contributed by atoms with Gasteiger partial charge in [0.25, 0.3) is 0 Å². The fourth-order valence-electron chi connectivity index (χ4n) is 27.5. The van der Waals surface area contributed by atoms with E-state index in [2.05, 4.69) is 303 Å². The molecule has 21 fully saturated rings. The number of hydrogen-bond acceptors (Lipinski definition) is 20. The first kappa shape index (κ1) is 130. The number of piperidine rings is 7. The molecule has 20 saturated heterocycles. The Morgan fingerprint density at radius 1 is 0.264 bits per heavy atom. The summed E-state index contributed by atoms with van der Waals surface area (Å²) >= 11 is 0. The Bertz CT molecular complexity index is 3200. The van der Waals surface area contributed by atoms with Crippen molar-refractivity contribution in [2.45, 2.75) is 523 Å². The minimum absolute atomic E-state index is 0. The van der Waals surface area contributed by atoms with Crippen LogP contribution in [0.5, 0.6) is 0 Å². The molecular formula is C120H251N19O. The zero-order valence-corrected chi connectivity index (χ0v) is 94.4. The molecule has 14 unspecified atom stereocenters. The molecule has 140 heavy (non-hydrogen) atoms. The average molecular weight is 1980 g/mol. The molecule has 6 N–H and O–H groups in total. The van der Waals surface area contributed by atoms with Crippen molar-refractivity contribution in [3.8, 4) is 0 Å². The largest absolute Gasteiger partial charge is 0.378 e. The number of ether oxygens (including phenoxy) is 1. The highest BCUT2D eigenvalue weighted by molar-refractivity contribution is 5.03. The summed E-state index contributed by atoms with van der Waals surface area (Å²) in [4.78, 5) is 34.6. The molecule has 832 valence electrons. The van der Waals surface area contributed by atoms with Crippen molar-refractivity contribution < 1.29 is 4.74 Å². The smallest absolute Gasteiger partial charge is 0.0633 e. The van der Waals surface area contributed by atoms with E-state index in [4.69, 9.17) is 4.74 Å². The molecule has 0 radical (unpaired) electrons. The summed E-state index contributed by atoms with van der Waals surface area (Å²) in [5.74, 6) is 5.87.